The molecule has 1 saturated heterocycles. The van der Waals surface area contributed by atoms with E-state index in [0.29, 0.717) is 31.1 Å². The van der Waals surface area contributed by atoms with Gasteiger partial charge in [-0.25, -0.2) is 0 Å². The molecule has 3 heterocycles. The standard InChI is InChI=1S/C23H23N3O6/c1-11-4-7-14(32-11)21(23(2)9-31-10-23)25-17-16(19(28)20(17)29)24-13-6-5-12-8-26(3)22(30)15(12)18(13)27/h4-7,21,24-25,27H,8-10H2,1-3H3. The van der Waals surface area contributed by atoms with Gasteiger partial charge in [-0.15, -0.1) is 0 Å². The summed E-state index contributed by atoms with van der Waals surface area (Å²) in [6.07, 6.45) is 0. The molecule has 0 radical (unpaired) electrons. The van der Waals surface area contributed by atoms with Crippen molar-refractivity contribution >= 4 is 23.0 Å². The smallest absolute Gasteiger partial charge is 0.258 e. The molecule has 5 rings (SSSR count). The Kier molecular flexibility index (Phi) is 4.42. The summed E-state index contributed by atoms with van der Waals surface area (Å²) in [6.45, 7) is 5.20. The number of furan rings is 1. The van der Waals surface area contributed by atoms with Gasteiger partial charge in [-0.2, -0.15) is 0 Å². The fourth-order valence-electron chi connectivity index (χ4n) is 4.34. The second-order valence-electron chi connectivity index (χ2n) is 8.86. The number of nitrogens with one attached hydrogen (secondary N) is 2. The number of fused-ring (bicyclic) bond motifs is 1. The first-order valence-electron chi connectivity index (χ1n) is 10.3. The van der Waals surface area contributed by atoms with Crippen molar-refractivity contribution in [2.24, 2.45) is 5.41 Å². The molecular weight excluding hydrogens is 414 g/mol. The molecule has 166 valence electrons. The van der Waals surface area contributed by atoms with Gasteiger partial charge >= 0.3 is 0 Å². The number of hydrogen-bond donors (Lipinski definition) is 3. The highest BCUT2D eigenvalue weighted by Crippen LogP contribution is 2.44. The Morgan fingerprint density at radius 1 is 1.09 bits per heavy atom. The van der Waals surface area contributed by atoms with Crippen molar-refractivity contribution in [3.05, 3.63) is 67.4 Å². The molecule has 1 amide bonds. The quantitative estimate of drug-likeness (QED) is 0.397. The molecule has 2 aromatic carbocycles. The minimum Gasteiger partial charge on any atom is -0.505 e. The summed E-state index contributed by atoms with van der Waals surface area (Å²) in [6, 6.07) is 6.60. The maximum atomic E-state index is 12.4. The van der Waals surface area contributed by atoms with Crippen LogP contribution < -0.4 is 21.5 Å². The van der Waals surface area contributed by atoms with Gasteiger partial charge in [-0.05, 0) is 30.7 Å². The number of nitrogens with zero attached hydrogens (tertiary/aromatic N) is 1. The molecule has 0 saturated carbocycles. The molecule has 0 aliphatic carbocycles. The van der Waals surface area contributed by atoms with E-state index in [9.17, 15) is 19.5 Å². The van der Waals surface area contributed by atoms with Crippen LogP contribution >= 0.6 is 0 Å². The third kappa shape index (κ3) is 2.92. The van der Waals surface area contributed by atoms with Crippen LogP contribution in [0.2, 0.25) is 0 Å². The average Bonchev–Trinajstić information content (AvgIpc) is 3.30. The molecule has 0 spiro atoms. The summed E-state index contributed by atoms with van der Waals surface area (Å²) in [5, 5.41) is 16.7. The fourth-order valence-corrected chi connectivity index (χ4v) is 4.34. The van der Waals surface area contributed by atoms with Gasteiger partial charge < -0.3 is 29.8 Å². The second-order valence-corrected chi connectivity index (χ2v) is 8.86. The number of phenolic OH excluding ortho intramolecular Hbond substituents is 1. The normalized spacial score (nSPS) is 17.8. The highest BCUT2D eigenvalue weighted by Gasteiger charge is 2.45. The molecule has 3 aromatic rings. The molecule has 1 unspecified atom stereocenters. The van der Waals surface area contributed by atoms with Gasteiger partial charge in [-0.1, -0.05) is 13.0 Å². The molecule has 2 aliphatic heterocycles. The minimum absolute atomic E-state index is 0.0428. The lowest BCUT2D eigenvalue weighted by molar-refractivity contribution is -0.115. The largest absolute Gasteiger partial charge is 0.505 e. The number of anilines is 3. The van der Waals surface area contributed by atoms with Crippen LogP contribution in [-0.2, 0) is 11.3 Å². The molecule has 9 nitrogen and oxygen atoms in total. The van der Waals surface area contributed by atoms with E-state index in [1.807, 2.05) is 26.0 Å². The number of carbonyl (C=O) groups excluding carboxylic acids is 1. The highest BCUT2D eigenvalue weighted by molar-refractivity contribution is 6.03. The van der Waals surface area contributed by atoms with Crippen LogP contribution in [0.15, 0.2) is 38.3 Å². The van der Waals surface area contributed by atoms with E-state index >= 15 is 0 Å². The summed E-state index contributed by atoms with van der Waals surface area (Å²) < 4.78 is 11.2. The summed E-state index contributed by atoms with van der Waals surface area (Å²) in [5.41, 5.74) is -0.420. The van der Waals surface area contributed by atoms with Gasteiger partial charge in [-0.3, -0.25) is 14.4 Å². The molecule has 1 atom stereocenters. The van der Waals surface area contributed by atoms with Gasteiger partial charge in [0.05, 0.1) is 30.5 Å². The number of phenols is 1. The van der Waals surface area contributed by atoms with Crippen molar-refractivity contribution in [3.8, 4) is 5.75 Å². The molecule has 0 bridgehead atoms. The number of benzene rings is 1. The Balaban J connectivity index is 1.48. The number of hydrogen-bond acceptors (Lipinski definition) is 8. The third-order valence-electron chi connectivity index (χ3n) is 6.30. The van der Waals surface area contributed by atoms with E-state index in [4.69, 9.17) is 9.15 Å². The van der Waals surface area contributed by atoms with Crippen molar-refractivity contribution in [3.63, 3.8) is 0 Å². The Labute approximate surface area is 183 Å². The van der Waals surface area contributed by atoms with E-state index in [2.05, 4.69) is 10.6 Å². The first kappa shape index (κ1) is 20.3. The zero-order valence-electron chi connectivity index (χ0n) is 17.9. The molecule has 32 heavy (non-hydrogen) atoms. The fraction of sp³-hybridized carbons (Fsp3) is 0.348. The SMILES string of the molecule is Cc1ccc(C(Nc2c(Nc3ccc4c(c3O)C(=O)N(C)C4)c(=O)c2=O)C2(C)COC2)o1. The second kappa shape index (κ2) is 6.96. The summed E-state index contributed by atoms with van der Waals surface area (Å²) >= 11 is 0. The maximum absolute atomic E-state index is 12.4. The molecule has 9 heteroatoms. The lowest BCUT2D eigenvalue weighted by Gasteiger charge is -2.44. The third-order valence-corrected chi connectivity index (χ3v) is 6.30. The Morgan fingerprint density at radius 3 is 2.44 bits per heavy atom. The van der Waals surface area contributed by atoms with Crippen molar-refractivity contribution in [1.82, 2.24) is 4.90 Å². The Bertz CT molecular complexity index is 1310. The van der Waals surface area contributed by atoms with E-state index in [-0.39, 0.29) is 39.7 Å². The molecule has 3 N–H and O–H groups in total. The predicted octanol–water partition coefficient (Wildman–Crippen LogP) is 2.41. The number of amides is 1. The highest BCUT2D eigenvalue weighted by atomic mass is 16.5. The number of carbonyl (C=O) groups is 1. The average molecular weight is 437 g/mol. The van der Waals surface area contributed by atoms with Crippen molar-refractivity contribution in [1.29, 1.82) is 0 Å². The Morgan fingerprint density at radius 2 is 1.81 bits per heavy atom. The molecular formula is C23H23N3O6. The lowest BCUT2D eigenvalue weighted by Crippen LogP contribution is -2.49. The lowest BCUT2D eigenvalue weighted by atomic mass is 9.79. The van der Waals surface area contributed by atoms with Crippen molar-refractivity contribution in [2.45, 2.75) is 26.4 Å². The van der Waals surface area contributed by atoms with Crippen LogP contribution in [0.1, 0.15) is 40.4 Å². The Hall–Kier alpha value is -3.59. The van der Waals surface area contributed by atoms with Crippen LogP contribution in [0.25, 0.3) is 0 Å². The number of ether oxygens (including phenoxy) is 1. The van der Waals surface area contributed by atoms with E-state index < -0.39 is 16.9 Å². The van der Waals surface area contributed by atoms with Crippen LogP contribution in [0, 0.1) is 12.3 Å². The topological polar surface area (TPSA) is 121 Å². The van der Waals surface area contributed by atoms with Gasteiger partial charge in [0.15, 0.2) is 5.75 Å². The van der Waals surface area contributed by atoms with Crippen molar-refractivity contribution in [2.75, 3.05) is 30.9 Å². The molecule has 2 aliphatic rings. The first-order valence-corrected chi connectivity index (χ1v) is 10.3. The van der Waals surface area contributed by atoms with Gasteiger partial charge in [0.1, 0.15) is 22.9 Å². The maximum Gasteiger partial charge on any atom is 0.258 e. The van der Waals surface area contributed by atoms with Gasteiger partial charge in [0.2, 0.25) is 0 Å². The monoisotopic (exact) mass is 437 g/mol. The minimum atomic E-state index is -0.694. The summed E-state index contributed by atoms with van der Waals surface area (Å²) in [5.74, 6) is 0.835. The van der Waals surface area contributed by atoms with E-state index in [0.717, 1.165) is 5.76 Å². The van der Waals surface area contributed by atoms with E-state index in [1.165, 1.54) is 4.90 Å². The van der Waals surface area contributed by atoms with Crippen LogP contribution in [0.3, 0.4) is 0 Å². The van der Waals surface area contributed by atoms with E-state index in [1.54, 1.807) is 19.2 Å². The number of rotatable bonds is 6. The van der Waals surface area contributed by atoms with Crippen molar-refractivity contribution < 1.29 is 19.1 Å². The summed E-state index contributed by atoms with van der Waals surface area (Å²) in [7, 11) is 1.65. The van der Waals surface area contributed by atoms with Crippen LogP contribution in [0.5, 0.6) is 5.75 Å². The molecule has 1 aromatic heterocycles. The molecule has 1 fully saturated rings. The van der Waals surface area contributed by atoms with Crippen LogP contribution in [0.4, 0.5) is 17.1 Å². The zero-order chi connectivity index (χ0) is 22.8. The van der Waals surface area contributed by atoms with Gasteiger partial charge in [0.25, 0.3) is 16.8 Å². The zero-order valence-corrected chi connectivity index (χ0v) is 17.9. The van der Waals surface area contributed by atoms with Crippen LogP contribution in [-0.4, -0.2) is 36.2 Å². The number of aromatic hydroxyl groups is 1. The number of aryl methyl sites for hydroxylation is 1. The summed E-state index contributed by atoms with van der Waals surface area (Å²) in [4.78, 5) is 38.7. The predicted molar refractivity (Wildman–Crippen MR) is 117 cm³/mol. The van der Waals surface area contributed by atoms with Gasteiger partial charge in [0, 0.05) is 19.0 Å². The first-order chi connectivity index (χ1) is 15.2.